The molecule has 0 aliphatic carbocycles. The van der Waals surface area contributed by atoms with E-state index in [0.29, 0.717) is 18.8 Å². The van der Waals surface area contributed by atoms with Gasteiger partial charge in [-0.2, -0.15) is 13.2 Å². The lowest BCUT2D eigenvalue weighted by atomic mass is 10.1. The molecule has 0 bridgehead atoms. The first kappa shape index (κ1) is 15.8. The number of ether oxygens (including phenoxy) is 2. The molecule has 21 heavy (non-hydrogen) atoms. The lowest BCUT2D eigenvalue weighted by Gasteiger charge is -2.28. The predicted molar refractivity (Wildman–Crippen MR) is 70.7 cm³/mol. The fourth-order valence-corrected chi connectivity index (χ4v) is 2.02. The van der Waals surface area contributed by atoms with Crippen molar-refractivity contribution in [2.45, 2.75) is 6.18 Å². The third kappa shape index (κ3) is 5.02. The van der Waals surface area contributed by atoms with Crippen LogP contribution in [0.5, 0.6) is 0 Å². The zero-order valence-corrected chi connectivity index (χ0v) is 11.4. The monoisotopic (exact) mass is 303 g/mol. The molecule has 0 unspecified atom stereocenters. The Balaban J connectivity index is 1.87. The second-order valence-corrected chi connectivity index (χ2v) is 4.68. The first-order valence-electron chi connectivity index (χ1n) is 6.56. The number of carbonyl (C=O) groups is 1. The Morgan fingerprint density at radius 1 is 1.19 bits per heavy atom. The topological polar surface area (TPSA) is 38.8 Å². The fraction of sp³-hybridized carbons (Fsp3) is 0.500. The number of halogens is 3. The molecule has 116 valence electrons. The minimum absolute atomic E-state index is 0.342. The molecule has 0 atom stereocenters. The molecule has 2 rings (SSSR count). The summed E-state index contributed by atoms with van der Waals surface area (Å²) in [7, 11) is 0. The van der Waals surface area contributed by atoms with Crippen LogP contribution >= 0.6 is 0 Å². The highest BCUT2D eigenvalue weighted by Gasteiger charge is 2.27. The van der Waals surface area contributed by atoms with Gasteiger partial charge in [0.25, 0.3) is 0 Å². The van der Waals surface area contributed by atoms with Gasteiger partial charge in [-0.25, -0.2) is 0 Å². The molecule has 4 nitrogen and oxygen atoms in total. The largest absolute Gasteiger partial charge is 0.411 e. The van der Waals surface area contributed by atoms with Crippen molar-refractivity contribution in [3.8, 4) is 0 Å². The molecule has 0 N–H and O–H groups in total. The Bertz CT molecular complexity index is 467. The molecule has 1 aromatic carbocycles. The fourth-order valence-electron chi connectivity index (χ4n) is 2.02. The maximum absolute atomic E-state index is 11.9. The summed E-state index contributed by atoms with van der Waals surface area (Å²) in [6, 6.07) is 6.76. The first-order chi connectivity index (χ1) is 9.96. The van der Waals surface area contributed by atoms with Gasteiger partial charge in [0, 0.05) is 24.3 Å². The first-order valence-corrected chi connectivity index (χ1v) is 6.56. The normalized spacial score (nSPS) is 16.0. The number of alkyl halides is 3. The lowest BCUT2D eigenvalue weighted by Crippen LogP contribution is -2.36. The molecule has 0 spiro atoms. The molecule has 0 aromatic heterocycles. The van der Waals surface area contributed by atoms with Crippen LogP contribution in [-0.4, -0.2) is 51.5 Å². The average molecular weight is 303 g/mol. The van der Waals surface area contributed by atoms with E-state index in [1.165, 1.54) is 0 Å². The van der Waals surface area contributed by atoms with Crippen LogP contribution in [0, 0.1) is 0 Å². The Morgan fingerprint density at radius 2 is 1.81 bits per heavy atom. The number of morpholine rings is 1. The molecule has 1 aliphatic heterocycles. The smallest absolute Gasteiger partial charge is 0.378 e. The van der Waals surface area contributed by atoms with Crippen molar-refractivity contribution in [2.24, 2.45) is 0 Å². The van der Waals surface area contributed by atoms with Gasteiger partial charge in [-0.1, -0.05) is 0 Å². The van der Waals surface area contributed by atoms with Crippen LogP contribution in [0.4, 0.5) is 18.9 Å². The van der Waals surface area contributed by atoms with Crippen LogP contribution in [0.25, 0.3) is 0 Å². The molecule has 1 aromatic rings. The van der Waals surface area contributed by atoms with E-state index in [1.807, 2.05) is 0 Å². The molecule has 1 saturated heterocycles. The highest BCUT2D eigenvalue weighted by molar-refractivity contribution is 5.97. The highest BCUT2D eigenvalue weighted by Crippen LogP contribution is 2.18. The molecule has 7 heteroatoms. The predicted octanol–water partition coefficient (Wildman–Crippen LogP) is 2.28. The van der Waals surface area contributed by atoms with Crippen molar-refractivity contribution in [1.82, 2.24) is 0 Å². The van der Waals surface area contributed by atoms with Gasteiger partial charge in [0.2, 0.25) is 0 Å². The number of nitrogens with zero attached hydrogens (tertiary/aromatic N) is 1. The third-order valence-electron chi connectivity index (χ3n) is 3.06. The van der Waals surface area contributed by atoms with E-state index in [2.05, 4.69) is 9.64 Å². The summed E-state index contributed by atoms with van der Waals surface area (Å²) in [5.41, 5.74) is 1.31. The molecule has 0 amide bonds. The Labute approximate surface area is 120 Å². The number of ketones is 1. The van der Waals surface area contributed by atoms with Gasteiger partial charge in [-0.3, -0.25) is 4.79 Å². The Kier molecular flexibility index (Phi) is 5.19. The Morgan fingerprint density at radius 3 is 2.38 bits per heavy atom. The molecule has 1 heterocycles. The van der Waals surface area contributed by atoms with Gasteiger partial charge >= 0.3 is 6.18 Å². The van der Waals surface area contributed by atoms with E-state index in [-0.39, 0.29) is 0 Å². The number of anilines is 1. The second kappa shape index (κ2) is 6.91. The number of hydrogen-bond acceptors (Lipinski definition) is 4. The van der Waals surface area contributed by atoms with E-state index in [0.717, 1.165) is 18.8 Å². The highest BCUT2D eigenvalue weighted by atomic mass is 19.4. The maximum atomic E-state index is 11.9. The number of benzene rings is 1. The molecular formula is C14H16F3NO3. The minimum atomic E-state index is -4.42. The van der Waals surface area contributed by atoms with E-state index in [1.54, 1.807) is 24.3 Å². The number of carbonyl (C=O) groups excluding carboxylic acids is 1. The van der Waals surface area contributed by atoms with Crippen molar-refractivity contribution in [2.75, 3.05) is 44.4 Å². The summed E-state index contributed by atoms with van der Waals surface area (Å²) in [6.45, 7) is 0.892. The van der Waals surface area contributed by atoms with Crippen LogP contribution in [0.2, 0.25) is 0 Å². The van der Waals surface area contributed by atoms with Crippen molar-refractivity contribution < 1.29 is 27.4 Å². The van der Waals surface area contributed by atoms with Crippen LogP contribution in [0.1, 0.15) is 10.4 Å². The minimum Gasteiger partial charge on any atom is -0.378 e. The summed E-state index contributed by atoms with van der Waals surface area (Å²) in [5, 5.41) is 0. The number of Topliss-reactive ketones (excluding diaryl/α,β-unsaturated/α-hetero) is 1. The van der Waals surface area contributed by atoms with Crippen LogP contribution in [-0.2, 0) is 9.47 Å². The molecule has 1 aliphatic rings. The van der Waals surface area contributed by atoms with Gasteiger partial charge in [-0.15, -0.1) is 0 Å². The maximum Gasteiger partial charge on any atom is 0.411 e. The van der Waals surface area contributed by atoms with Crippen molar-refractivity contribution in [3.63, 3.8) is 0 Å². The second-order valence-electron chi connectivity index (χ2n) is 4.68. The SMILES string of the molecule is O=C(COCC(F)(F)F)c1ccc(N2CCOCC2)cc1. The van der Waals surface area contributed by atoms with Gasteiger partial charge in [0.15, 0.2) is 5.78 Å². The van der Waals surface area contributed by atoms with E-state index in [4.69, 9.17) is 4.74 Å². The molecule has 0 radical (unpaired) electrons. The number of rotatable bonds is 5. The molecule has 1 fully saturated rings. The quantitative estimate of drug-likeness (QED) is 0.782. The van der Waals surface area contributed by atoms with Gasteiger partial charge in [-0.05, 0) is 24.3 Å². The van der Waals surface area contributed by atoms with Crippen LogP contribution in [0.3, 0.4) is 0 Å². The summed E-state index contributed by atoms with van der Waals surface area (Å²) >= 11 is 0. The molecule has 0 saturated carbocycles. The van der Waals surface area contributed by atoms with Crippen LogP contribution < -0.4 is 4.90 Å². The van der Waals surface area contributed by atoms with Crippen LogP contribution in [0.15, 0.2) is 24.3 Å². The van der Waals surface area contributed by atoms with Gasteiger partial charge < -0.3 is 14.4 Å². The van der Waals surface area contributed by atoms with Crippen molar-refractivity contribution in [3.05, 3.63) is 29.8 Å². The van der Waals surface area contributed by atoms with Crippen molar-refractivity contribution >= 4 is 11.5 Å². The Hall–Kier alpha value is -1.60. The van der Waals surface area contributed by atoms with E-state index < -0.39 is 25.2 Å². The summed E-state index contributed by atoms with van der Waals surface area (Å²) in [4.78, 5) is 13.8. The lowest BCUT2D eigenvalue weighted by molar-refractivity contribution is -0.170. The van der Waals surface area contributed by atoms with E-state index >= 15 is 0 Å². The third-order valence-corrected chi connectivity index (χ3v) is 3.06. The number of hydrogen-bond donors (Lipinski definition) is 0. The van der Waals surface area contributed by atoms with Gasteiger partial charge in [0.1, 0.15) is 13.2 Å². The van der Waals surface area contributed by atoms with Gasteiger partial charge in [0.05, 0.1) is 13.2 Å². The average Bonchev–Trinajstić information content (AvgIpc) is 2.47. The standard InChI is InChI=1S/C14H16F3NO3/c15-14(16,17)10-21-9-13(19)11-1-3-12(4-2-11)18-5-7-20-8-6-18/h1-4H,5-10H2. The van der Waals surface area contributed by atoms with E-state index in [9.17, 15) is 18.0 Å². The van der Waals surface area contributed by atoms with Crippen molar-refractivity contribution in [1.29, 1.82) is 0 Å². The zero-order chi connectivity index (χ0) is 15.3. The summed E-state index contributed by atoms with van der Waals surface area (Å²) in [6.07, 6.45) is -4.42. The summed E-state index contributed by atoms with van der Waals surface area (Å²) < 4.78 is 45.4. The zero-order valence-electron chi connectivity index (χ0n) is 11.4. The summed E-state index contributed by atoms with van der Waals surface area (Å²) in [5.74, 6) is -0.465. The molecular weight excluding hydrogens is 287 g/mol.